The van der Waals surface area contributed by atoms with Gasteiger partial charge in [-0.2, -0.15) is 5.10 Å². The average Bonchev–Trinajstić information content (AvgIpc) is 3.06. The van der Waals surface area contributed by atoms with Crippen LogP contribution >= 0.6 is 23.4 Å². The van der Waals surface area contributed by atoms with E-state index in [-0.39, 0.29) is 0 Å². The molecule has 4 aromatic rings. The van der Waals surface area contributed by atoms with Crippen molar-refractivity contribution in [1.82, 2.24) is 19.7 Å². The number of rotatable bonds is 4. The van der Waals surface area contributed by atoms with Gasteiger partial charge in [-0.3, -0.25) is 0 Å². The van der Waals surface area contributed by atoms with Gasteiger partial charge >= 0.3 is 0 Å². The Balaban J connectivity index is 1.68. The maximum absolute atomic E-state index is 6.23. The van der Waals surface area contributed by atoms with Crippen molar-refractivity contribution < 1.29 is 0 Å². The standard InChI is InChI=1S/C18H13ClN4S/c19-16-9-5-4-6-13(16)11-24-18-15-10-22-23(17(15)20-12-21-18)14-7-2-1-3-8-14/h1-10,12H,11H2. The molecule has 0 saturated heterocycles. The number of hydrogen-bond acceptors (Lipinski definition) is 4. The highest BCUT2D eigenvalue weighted by Crippen LogP contribution is 2.30. The third-order valence-corrected chi connectivity index (χ3v) is 5.08. The second-order valence-corrected chi connectivity index (χ2v) is 6.56. The van der Waals surface area contributed by atoms with Crippen LogP contribution in [0.15, 0.2) is 72.1 Å². The third kappa shape index (κ3) is 2.88. The van der Waals surface area contributed by atoms with E-state index in [2.05, 4.69) is 15.1 Å². The number of nitrogens with zero attached hydrogens (tertiary/aromatic N) is 4. The van der Waals surface area contributed by atoms with Gasteiger partial charge in [0.15, 0.2) is 5.65 Å². The average molecular weight is 353 g/mol. The van der Waals surface area contributed by atoms with E-state index in [0.29, 0.717) is 0 Å². The van der Waals surface area contributed by atoms with Crippen LogP contribution in [-0.4, -0.2) is 19.7 Å². The number of halogens is 1. The molecule has 0 aliphatic carbocycles. The number of benzene rings is 2. The predicted molar refractivity (Wildman–Crippen MR) is 97.7 cm³/mol. The molecule has 0 spiro atoms. The van der Waals surface area contributed by atoms with Crippen molar-refractivity contribution in [2.45, 2.75) is 10.8 Å². The van der Waals surface area contributed by atoms with E-state index in [1.165, 1.54) is 0 Å². The molecular formula is C18H13ClN4S. The Morgan fingerprint density at radius 3 is 2.58 bits per heavy atom. The predicted octanol–water partition coefficient (Wildman–Crippen LogP) is 4.76. The van der Waals surface area contributed by atoms with Crippen LogP contribution in [0.5, 0.6) is 0 Å². The summed E-state index contributed by atoms with van der Waals surface area (Å²) in [5.41, 5.74) is 2.87. The zero-order chi connectivity index (χ0) is 16.4. The normalized spacial score (nSPS) is 11.0. The van der Waals surface area contributed by atoms with Crippen molar-refractivity contribution in [2.75, 3.05) is 0 Å². The fourth-order valence-electron chi connectivity index (χ4n) is 2.46. The van der Waals surface area contributed by atoms with Crippen LogP contribution in [0.4, 0.5) is 0 Å². The molecule has 0 fully saturated rings. The van der Waals surface area contributed by atoms with Gasteiger partial charge in [0.25, 0.3) is 0 Å². The van der Waals surface area contributed by atoms with Crippen molar-refractivity contribution in [3.05, 3.63) is 77.7 Å². The number of aromatic nitrogens is 4. The van der Waals surface area contributed by atoms with Crippen LogP contribution in [0, 0.1) is 0 Å². The Bertz CT molecular complexity index is 985. The molecule has 0 N–H and O–H groups in total. The first-order valence-electron chi connectivity index (χ1n) is 7.43. The molecule has 0 unspecified atom stereocenters. The zero-order valence-corrected chi connectivity index (χ0v) is 14.2. The van der Waals surface area contributed by atoms with Crippen LogP contribution in [-0.2, 0) is 5.75 Å². The summed E-state index contributed by atoms with van der Waals surface area (Å²) in [5.74, 6) is 0.752. The van der Waals surface area contributed by atoms with Gasteiger partial charge in [0.05, 0.1) is 17.3 Å². The molecule has 2 aromatic heterocycles. The fourth-order valence-corrected chi connectivity index (χ4v) is 3.70. The summed E-state index contributed by atoms with van der Waals surface area (Å²) in [7, 11) is 0. The molecule has 0 bridgehead atoms. The van der Waals surface area contributed by atoms with E-state index in [1.807, 2.05) is 65.5 Å². The summed E-state index contributed by atoms with van der Waals surface area (Å²) < 4.78 is 1.83. The maximum atomic E-state index is 6.23. The van der Waals surface area contributed by atoms with Gasteiger partial charge < -0.3 is 0 Å². The Labute approximate surface area is 148 Å². The third-order valence-electron chi connectivity index (χ3n) is 3.65. The number of hydrogen-bond donors (Lipinski definition) is 0. The molecule has 2 aromatic carbocycles. The van der Waals surface area contributed by atoms with Crippen LogP contribution in [0.2, 0.25) is 5.02 Å². The molecule has 0 amide bonds. The van der Waals surface area contributed by atoms with Crippen LogP contribution in [0.3, 0.4) is 0 Å². The number of thioether (sulfide) groups is 1. The van der Waals surface area contributed by atoms with Crippen molar-refractivity contribution >= 4 is 34.4 Å². The molecule has 6 heteroatoms. The van der Waals surface area contributed by atoms with Crippen LogP contribution in [0.1, 0.15) is 5.56 Å². The maximum Gasteiger partial charge on any atom is 0.167 e. The zero-order valence-electron chi connectivity index (χ0n) is 12.6. The van der Waals surface area contributed by atoms with E-state index in [4.69, 9.17) is 11.6 Å². The lowest BCUT2D eigenvalue weighted by Gasteiger charge is -2.05. The van der Waals surface area contributed by atoms with E-state index >= 15 is 0 Å². The Morgan fingerprint density at radius 1 is 0.958 bits per heavy atom. The van der Waals surface area contributed by atoms with Gasteiger partial charge in [-0.15, -0.1) is 11.8 Å². The highest BCUT2D eigenvalue weighted by Gasteiger charge is 2.12. The molecule has 4 nitrogen and oxygen atoms in total. The van der Waals surface area contributed by atoms with Gasteiger partial charge in [0, 0.05) is 10.8 Å². The van der Waals surface area contributed by atoms with E-state index in [9.17, 15) is 0 Å². The Morgan fingerprint density at radius 2 is 1.75 bits per heavy atom. The van der Waals surface area contributed by atoms with Crippen molar-refractivity contribution in [3.63, 3.8) is 0 Å². The Hall–Kier alpha value is -2.37. The highest BCUT2D eigenvalue weighted by molar-refractivity contribution is 7.98. The summed E-state index contributed by atoms with van der Waals surface area (Å²) in [6, 6.07) is 17.8. The summed E-state index contributed by atoms with van der Waals surface area (Å²) in [5, 5.41) is 7.09. The Kier molecular flexibility index (Phi) is 4.19. The summed E-state index contributed by atoms with van der Waals surface area (Å²) in [4.78, 5) is 8.81. The molecule has 0 aliphatic heterocycles. The first-order chi connectivity index (χ1) is 11.8. The SMILES string of the molecule is Clc1ccccc1CSc1ncnc2c1cnn2-c1ccccc1. The first-order valence-corrected chi connectivity index (χ1v) is 8.79. The highest BCUT2D eigenvalue weighted by atomic mass is 35.5. The minimum Gasteiger partial charge on any atom is -0.229 e. The molecular weight excluding hydrogens is 340 g/mol. The molecule has 2 heterocycles. The van der Waals surface area contributed by atoms with Gasteiger partial charge in [-0.1, -0.05) is 48.0 Å². The second kappa shape index (κ2) is 6.63. The minimum atomic E-state index is 0.752. The molecule has 118 valence electrons. The van der Waals surface area contributed by atoms with E-state index in [0.717, 1.165) is 38.1 Å². The topological polar surface area (TPSA) is 43.6 Å². The molecule has 4 rings (SSSR count). The summed E-state index contributed by atoms with van der Waals surface area (Å²) in [6.45, 7) is 0. The summed E-state index contributed by atoms with van der Waals surface area (Å²) >= 11 is 7.87. The summed E-state index contributed by atoms with van der Waals surface area (Å²) in [6.07, 6.45) is 3.40. The lowest BCUT2D eigenvalue weighted by molar-refractivity contribution is 0.893. The van der Waals surface area contributed by atoms with Crippen LogP contribution in [0.25, 0.3) is 16.7 Å². The smallest absolute Gasteiger partial charge is 0.167 e. The fraction of sp³-hybridized carbons (Fsp3) is 0.0556. The molecule has 24 heavy (non-hydrogen) atoms. The monoisotopic (exact) mass is 352 g/mol. The van der Waals surface area contributed by atoms with Gasteiger partial charge in [-0.25, -0.2) is 14.6 Å². The quantitative estimate of drug-likeness (QED) is 0.392. The van der Waals surface area contributed by atoms with Crippen molar-refractivity contribution in [1.29, 1.82) is 0 Å². The second-order valence-electron chi connectivity index (χ2n) is 5.19. The van der Waals surface area contributed by atoms with Crippen LogP contribution < -0.4 is 0 Å². The number of para-hydroxylation sites is 1. The molecule has 0 saturated carbocycles. The largest absolute Gasteiger partial charge is 0.229 e. The lowest BCUT2D eigenvalue weighted by atomic mass is 10.2. The minimum absolute atomic E-state index is 0.752. The molecule has 0 radical (unpaired) electrons. The van der Waals surface area contributed by atoms with E-state index < -0.39 is 0 Å². The van der Waals surface area contributed by atoms with Crippen molar-refractivity contribution in [2.24, 2.45) is 0 Å². The van der Waals surface area contributed by atoms with Gasteiger partial charge in [0.1, 0.15) is 11.4 Å². The first kappa shape index (κ1) is 15.2. The van der Waals surface area contributed by atoms with Gasteiger partial charge in [0.2, 0.25) is 0 Å². The number of fused-ring (bicyclic) bond motifs is 1. The molecule has 0 atom stereocenters. The van der Waals surface area contributed by atoms with Crippen molar-refractivity contribution in [3.8, 4) is 5.69 Å². The van der Waals surface area contributed by atoms with Gasteiger partial charge in [-0.05, 0) is 23.8 Å². The van der Waals surface area contributed by atoms with E-state index in [1.54, 1.807) is 18.1 Å². The molecule has 0 aliphatic rings. The lowest BCUT2D eigenvalue weighted by Crippen LogP contribution is -1.97.